The molecule has 0 spiro atoms. The molecule has 1 aromatic carbocycles. The molecule has 1 fully saturated rings. The molecular weight excluding hydrogens is 226 g/mol. The number of fused-ring (bicyclic) bond motifs is 1. The highest BCUT2D eigenvalue weighted by Crippen LogP contribution is 2.31. The number of hydrogen-bond acceptors (Lipinski definition) is 3. The minimum Gasteiger partial charge on any atom is -0.464 e. The summed E-state index contributed by atoms with van der Waals surface area (Å²) in [5.74, 6) is 0.683. The quantitative estimate of drug-likeness (QED) is 0.903. The van der Waals surface area contributed by atoms with Gasteiger partial charge in [-0.1, -0.05) is 18.2 Å². The van der Waals surface area contributed by atoms with Gasteiger partial charge in [-0.25, -0.2) is 0 Å². The fourth-order valence-corrected chi connectivity index (χ4v) is 2.75. The Bertz CT molecular complexity index is 514. The van der Waals surface area contributed by atoms with E-state index in [-0.39, 0.29) is 6.04 Å². The largest absolute Gasteiger partial charge is 0.464 e. The molecule has 0 bridgehead atoms. The van der Waals surface area contributed by atoms with Crippen LogP contribution in [-0.4, -0.2) is 13.2 Å². The van der Waals surface area contributed by atoms with Crippen LogP contribution >= 0.6 is 0 Å². The highest BCUT2D eigenvalue weighted by atomic mass is 16.5. The van der Waals surface area contributed by atoms with Gasteiger partial charge in [-0.2, -0.15) is 0 Å². The Labute approximate surface area is 107 Å². The van der Waals surface area contributed by atoms with Crippen molar-refractivity contribution in [2.24, 2.45) is 11.7 Å². The first-order valence-electron chi connectivity index (χ1n) is 6.64. The van der Waals surface area contributed by atoms with E-state index in [0.29, 0.717) is 5.92 Å². The van der Waals surface area contributed by atoms with Crippen LogP contribution < -0.4 is 5.73 Å². The number of furan rings is 1. The van der Waals surface area contributed by atoms with Gasteiger partial charge in [0.05, 0.1) is 6.26 Å². The first-order valence-corrected chi connectivity index (χ1v) is 6.64. The first kappa shape index (κ1) is 11.8. The van der Waals surface area contributed by atoms with Crippen LogP contribution in [0.2, 0.25) is 0 Å². The van der Waals surface area contributed by atoms with Gasteiger partial charge in [-0.05, 0) is 31.2 Å². The van der Waals surface area contributed by atoms with Gasteiger partial charge in [-0.3, -0.25) is 0 Å². The molecule has 3 nitrogen and oxygen atoms in total. The topological polar surface area (TPSA) is 48.4 Å². The van der Waals surface area contributed by atoms with E-state index in [1.165, 1.54) is 0 Å². The highest BCUT2D eigenvalue weighted by molar-refractivity contribution is 5.81. The molecule has 96 valence electrons. The second-order valence-corrected chi connectivity index (χ2v) is 5.09. The molecular formula is C15H19NO2. The van der Waals surface area contributed by atoms with Crippen molar-refractivity contribution in [3.05, 3.63) is 36.1 Å². The second kappa shape index (κ2) is 5.12. The number of ether oxygens (including phenoxy) is 1. The van der Waals surface area contributed by atoms with Crippen LogP contribution in [0.1, 0.15) is 30.9 Å². The molecule has 2 N–H and O–H groups in total. The van der Waals surface area contributed by atoms with Crippen LogP contribution in [0.15, 0.2) is 34.9 Å². The van der Waals surface area contributed by atoms with E-state index in [9.17, 15) is 0 Å². The molecule has 2 heterocycles. The summed E-state index contributed by atoms with van der Waals surface area (Å²) in [5, 5.41) is 1.15. The number of benzene rings is 1. The van der Waals surface area contributed by atoms with Gasteiger partial charge in [0.25, 0.3) is 0 Å². The van der Waals surface area contributed by atoms with E-state index in [4.69, 9.17) is 14.9 Å². The van der Waals surface area contributed by atoms with Crippen molar-refractivity contribution in [3.63, 3.8) is 0 Å². The van der Waals surface area contributed by atoms with Crippen molar-refractivity contribution in [2.75, 3.05) is 13.2 Å². The summed E-state index contributed by atoms with van der Waals surface area (Å²) >= 11 is 0. The van der Waals surface area contributed by atoms with E-state index >= 15 is 0 Å². The summed E-state index contributed by atoms with van der Waals surface area (Å²) < 4.78 is 10.9. The lowest BCUT2D eigenvalue weighted by atomic mass is 9.90. The van der Waals surface area contributed by atoms with Crippen LogP contribution in [0, 0.1) is 5.92 Å². The van der Waals surface area contributed by atoms with E-state index < -0.39 is 0 Å². The summed E-state index contributed by atoms with van der Waals surface area (Å²) in [6.45, 7) is 1.76. The first-order chi connectivity index (χ1) is 8.84. The molecule has 1 aliphatic heterocycles. The predicted molar refractivity (Wildman–Crippen MR) is 71.3 cm³/mol. The molecule has 1 atom stereocenters. The normalized spacial score (nSPS) is 19.2. The molecule has 1 aromatic heterocycles. The molecule has 0 saturated carbocycles. The Hall–Kier alpha value is -1.32. The fraction of sp³-hybridized carbons (Fsp3) is 0.467. The lowest BCUT2D eigenvalue weighted by Crippen LogP contribution is -2.21. The Morgan fingerprint density at radius 2 is 2.00 bits per heavy atom. The summed E-state index contributed by atoms with van der Waals surface area (Å²) in [5.41, 5.74) is 8.40. The van der Waals surface area contributed by atoms with Crippen molar-refractivity contribution >= 4 is 11.0 Å². The van der Waals surface area contributed by atoms with Crippen molar-refractivity contribution in [2.45, 2.75) is 25.3 Å². The van der Waals surface area contributed by atoms with Crippen molar-refractivity contribution < 1.29 is 9.15 Å². The molecule has 3 rings (SSSR count). The minimum absolute atomic E-state index is 0.0664. The van der Waals surface area contributed by atoms with E-state index in [0.717, 1.165) is 49.0 Å². The second-order valence-electron chi connectivity index (χ2n) is 5.09. The van der Waals surface area contributed by atoms with Crippen molar-refractivity contribution in [1.29, 1.82) is 0 Å². The lowest BCUT2D eigenvalue weighted by molar-refractivity contribution is 0.0618. The van der Waals surface area contributed by atoms with Crippen molar-refractivity contribution in [3.8, 4) is 0 Å². The van der Waals surface area contributed by atoms with Crippen LogP contribution in [0.5, 0.6) is 0 Å². The fourth-order valence-electron chi connectivity index (χ4n) is 2.75. The van der Waals surface area contributed by atoms with Crippen LogP contribution in [-0.2, 0) is 4.74 Å². The third-order valence-corrected chi connectivity index (χ3v) is 3.84. The SMILES string of the molecule is NC(CC1CCOCC1)c1coc2ccccc12. The van der Waals surface area contributed by atoms with E-state index in [2.05, 4.69) is 6.07 Å². The number of hydrogen-bond donors (Lipinski definition) is 1. The summed E-state index contributed by atoms with van der Waals surface area (Å²) in [6, 6.07) is 8.15. The van der Waals surface area contributed by atoms with Crippen LogP contribution in [0.4, 0.5) is 0 Å². The Morgan fingerprint density at radius 3 is 2.83 bits per heavy atom. The summed E-state index contributed by atoms with van der Waals surface area (Å²) in [6.07, 6.45) is 5.09. The smallest absolute Gasteiger partial charge is 0.134 e. The van der Waals surface area contributed by atoms with Gasteiger partial charge in [0.2, 0.25) is 0 Å². The average molecular weight is 245 g/mol. The number of nitrogens with two attached hydrogens (primary N) is 1. The maximum absolute atomic E-state index is 6.34. The molecule has 0 aliphatic carbocycles. The average Bonchev–Trinajstić information content (AvgIpc) is 2.84. The Balaban J connectivity index is 1.76. The molecule has 3 heteroatoms. The van der Waals surface area contributed by atoms with Gasteiger partial charge in [-0.15, -0.1) is 0 Å². The van der Waals surface area contributed by atoms with Gasteiger partial charge in [0.1, 0.15) is 5.58 Å². The van der Waals surface area contributed by atoms with Crippen LogP contribution in [0.3, 0.4) is 0 Å². The molecule has 1 unspecified atom stereocenters. The van der Waals surface area contributed by atoms with Gasteiger partial charge < -0.3 is 14.9 Å². The molecule has 0 radical (unpaired) electrons. The predicted octanol–water partition coefficient (Wildman–Crippen LogP) is 3.25. The zero-order valence-electron chi connectivity index (χ0n) is 10.5. The summed E-state index contributed by atoms with van der Waals surface area (Å²) in [4.78, 5) is 0. The Kier molecular flexibility index (Phi) is 3.35. The summed E-state index contributed by atoms with van der Waals surface area (Å²) in [7, 11) is 0. The maximum atomic E-state index is 6.34. The zero-order valence-corrected chi connectivity index (χ0v) is 10.5. The van der Waals surface area contributed by atoms with Crippen LogP contribution in [0.25, 0.3) is 11.0 Å². The molecule has 1 saturated heterocycles. The lowest BCUT2D eigenvalue weighted by Gasteiger charge is -2.24. The number of rotatable bonds is 3. The third-order valence-electron chi connectivity index (χ3n) is 3.84. The highest BCUT2D eigenvalue weighted by Gasteiger charge is 2.20. The molecule has 18 heavy (non-hydrogen) atoms. The van der Waals surface area contributed by atoms with Gasteiger partial charge in [0, 0.05) is 30.2 Å². The maximum Gasteiger partial charge on any atom is 0.134 e. The molecule has 2 aromatic rings. The molecule has 1 aliphatic rings. The van der Waals surface area contributed by atoms with E-state index in [1.54, 1.807) is 0 Å². The van der Waals surface area contributed by atoms with Crippen molar-refractivity contribution in [1.82, 2.24) is 0 Å². The monoisotopic (exact) mass is 245 g/mol. The van der Waals surface area contributed by atoms with Gasteiger partial charge in [0.15, 0.2) is 0 Å². The standard InChI is InChI=1S/C15H19NO2/c16-14(9-11-5-7-17-8-6-11)13-10-18-15-4-2-1-3-12(13)15/h1-4,10-11,14H,5-9,16H2. The molecule has 0 amide bonds. The van der Waals surface area contributed by atoms with Gasteiger partial charge >= 0.3 is 0 Å². The Morgan fingerprint density at radius 1 is 1.22 bits per heavy atom. The van der Waals surface area contributed by atoms with E-state index in [1.807, 2.05) is 24.5 Å². The minimum atomic E-state index is 0.0664. The number of para-hydroxylation sites is 1. The zero-order chi connectivity index (χ0) is 12.4. The third kappa shape index (κ3) is 2.28.